The molecule has 0 fully saturated rings. The van der Waals surface area contributed by atoms with Crippen LogP contribution < -0.4 is 0 Å². The van der Waals surface area contributed by atoms with Crippen molar-refractivity contribution in [3.63, 3.8) is 0 Å². The van der Waals surface area contributed by atoms with Crippen molar-refractivity contribution in [3.8, 4) is 0 Å². The molecule has 0 radical (unpaired) electrons. The average molecular weight is 622 g/mol. The van der Waals surface area contributed by atoms with Crippen LogP contribution in [0, 0.1) is 11.6 Å². The normalized spacial score (nSPS) is 12.0. The van der Waals surface area contributed by atoms with E-state index in [1.165, 1.54) is 44.9 Å². The average Bonchev–Trinajstić information content (AvgIpc) is 2.93. The number of hydrogen-bond donors (Lipinski definition) is 0. The highest BCUT2D eigenvalue weighted by Gasteiger charge is 2.39. The van der Waals surface area contributed by atoms with Crippen molar-refractivity contribution >= 4 is 11.8 Å². The summed E-state index contributed by atoms with van der Waals surface area (Å²) in [6, 6.07) is 3.86. The van der Waals surface area contributed by atoms with Crippen molar-refractivity contribution in [1.82, 2.24) is 4.90 Å². The van der Waals surface area contributed by atoms with E-state index in [9.17, 15) is 44.7 Å². The molecule has 0 saturated heterocycles. The number of unbranched alkanes of at least 4 members (excludes halogenated alkanes) is 13. The summed E-state index contributed by atoms with van der Waals surface area (Å²) in [4.78, 5) is 26.7. The van der Waals surface area contributed by atoms with E-state index in [0.29, 0.717) is 29.9 Å². The van der Waals surface area contributed by atoms with Gasteiger partial charge in [0, 0.05) is 6.54 Å². The van der Waals surface area contributed by atoms with Crippen LogP contribution in [0.25, 0.3) is 0 Å². The highest BCUT2D eigenvalue weighted by molar-refractivity contribution is 6.10. The zero-order valence-corrected chi connectivity index (χ0v) is 24.4. The van der Waals surface area contributed by atoms with E-state index in [2.05, 4.69) is 6.92 Å². The van der Waals surface area contributed by atoms with Crippen molar-refractivity contribution in [1.29, 1.82) is 0 Å². The van der Waals surface area contributed by atoms with Crippen LogP contribution >= 0.6 is 0 Å². The van der Waals surface area contributed by atoms with Gasteiger partial charge < -0.3 is 0 Å². The molecule has 43 heavy (non-hydrogen) atoms. The van der Waals surface area contributed by atoms with Gasteiger partial charge in [-0.05, 0) is 30.7 Å². The second kappa shape index (κ2) is 17.3. The zero-order chi connectivity index (χ0) is 32.0. The minimum absolute atomic E-state index is 0.149. The van der Waals surface area contributed by atoms with Gasteiger partial charge in [-0.3, -0.25) is 14.5 Å². The fourth-order valence-corrected chi connectivity index (χ4v) is 4.88. The summed E-state index contributed by atoms with van der Waals surface area (Å²) >= 11 is 0. The Morgan fingerprint density at radius 2 is 0.884 bits per heavy atom. The van der Waals surface area contributed by atoms with Gasteiger partial charge in [-0.25, -0.2) is 8.78 Å². The number of rotatable bonds is 17. The highest BCUT2D eigenvalue weighted by atomic mass is 19.4. The lowest BCUT2D eigenvalue weighted by Gasteiger charge is -2.23. The van der Waals surface area contributed by atoms with E-state index >= 15 is 0 Å². The maximum absolute atomic E-state index is 14.8. The van der Waals surface area contributed by atoms with Crippen LogP contribution in [-0.4, -0.2) is 23.3 Å². The van der Waals surface area contributed by atoms with Crippen molar-refractivity contribution in [2.24, 2.45) is 0 Å². The molecule has 0 unspecified atom stereocenters. The van der Waals surface area contributed by atoms with Gasteiger partial charge in [0.15, 0.2) is 0 Å². The van der Waals surface area contributed by atoms with Gasteiger partial charge in [0.2, 0.25) is 0 Å². The van der Waals surface area contributed by atoms with Gasteiger partial charge in [-0.2, -0.15) is 26.3 Å². The summed E-state index contributed by atoms with van der Waals surface area (Å²) in [5.74, 6) is -6.85. The second-order valence-electron chi connectivity index (χ2n) is 10.7. The largest absolute Gasteiger partial charge is 0.419 e. The van der Waals surface area contributed by atoms with Gasteiger partial charge in [-0.1, -0.05) is 103 Å². The molecule has 0 aromatic heterocycles. The van der Waals surface area contributed by atoms with Crippen molar-refractivity contribution < 1.29 is 44.7 Å². The van der Waals surface area contributed by atoms with Crippen LogP contribution in [0.15, 0.2) is 36.4 Å². The molecule has 3 nitrogen and oxygen atoms in total. The molecule has 2 rings (SSSR count). The Labute approximate surface area is 247 Å². The van der Waals surface area contributed by atoms with Gasteiger partial charge in [0.1, 0.15) is 11.6 Å². The van der Waals surface area contributed by atoms with E-state index < -0.39 is 64.6 Å². The first-order valence-electron chi connectivity index (χ1n) is 14.9. The van der Waals surface area contributed by atoms with Gasteiger partial charge >= 0.3 is 12.4 Å². The summed E-state index contributed by atoms with van der Waals surface area (Å²) < 4.78 is 109. The van der Waals surface area contributed by atoms with Crippen LogP contribution in [0.2, 0.25) is 0 Å². The van der Waals surface area contributed by atoms with Crippen LogP contribution in [0.3, 0.4) is 0 Å². The first-order chi connectivity index (χ1) is 20.3. The van der Waals surface area contributed by atoms with Gasteiger partial charge in [0.05, 0.1) is 22.3 Å². The number of benzene rings is 2. The molecular weight excluding hydrogens is 582 g/mol. The molecule has 0 heterocycles. The van der Waals surface area contributed by atoms with Gasteiger partial charge in [0.25, 0.3) is 11.8 Å². The molecule has 2 amide bonds. The highest BCUT2D eigenvalue weighted by Crippen LogP contribution is 2.34. The van der Waals surface area contributed by atoms with E-state index in [-0.39, 0.29) is 6.42 Å². The molecule has 0 saturated carbocycles. The Kier molecular flexibility index (Phi) is 14.6. The molecule has 2 aromatic rings. The SMILES string of the molecule is CCCCCCCCCCCCCCCCN(C(=O)c1cccc(C(F)(F)F)c1F)C(=O)c1cccc(C(F)(F)F)c1F. The quantitative estimate of drug-likeness (QED) is 0.100. The molecule has 0 bridgehead atoms. The summed E-state index contributed by atoms with van der Waals surface area (Å²) in [6.07, 6.45) is 3.72. The lowest BCUT2D eigenvalue weighted by atomic mass is 10.0. The predicted molar refractivity (Wildman–Crippen MR) is 148 cm³/mol. The first-order valence-corrected chi connectivity index (χ1v) is 14.9. The Bertz CT molecular complexity index is 1100. The smallest absolute Gasteiger partial charge is 0.274 e. The molecular formula is C32H39F8NO2. The Morgan fingerprint density at radius 1 is 0.558 bits per heavy atom. The summed E-state index contributed by atoms with van der Waals surface area (Å²) in [7, 11) is 0. The summed E-state index contributed by atoms with van der Waals surface area (Å²) in [5.41, 5.74) is -5.68. The molecule has 0 atom stereocenters. The summed E-state index contributed by atoms with van der Waals surface area (Å²) in [5, 5.41) is 0. The maximum atomic E-state index is 14.8. The van der Waals surface area contributed by atoms with E-state index in [1.54, 1.807) is 0 Å². The van der Waals surface area contributed by atoms with Crippen LogP contribution in [0.1, 0.15) is 129 Å². The minimum Gasteiger partial charge on any atom is -0.274 e. The number of amides is 2. The minimum atomic E-state index is -5.14. The monoisotopic (exact) mass is 621 g/mol. The van der Waals surface area contributed by atoms with Crippen molar-refractivity contribution in [2.45, 2.75) is 109 Å². The molecule has 0 aliphatic carbocycles. The lowest BCUT2D eigenvalue weighted by molar-refractivity contribution is -0.140. The van der Waals surface area contributed by atoms with Crippen molar-refractivity contribution in [2.75, 3.05) is 6.54 Å². The summed E-state index contributed by atoms with van der Waals surface area (Å²) in [6.45, 7) is 1.74. The molecule has 0 aliphatic rings. The number of halogens is 8. The topological polar surface area (TPSA) is 37.4 Å². The second-order valence-corrected chi connectivity index (χ2v) is 10.7. The Hall–Kier alpha value is -2.98. The molecule has 240 valence electrons. The van der Waals surface area contributed by atoms with Crippen molar-refractivity contribution in [3.05, 3.63) is 70.3 Å². The number of hydrogen-bond acceptors (Lipinski definition) is 2. The third-order valence-corrected chi connectivity index (χ3v) is 7.29. The van der Waals surface area contributed by atoms with E-state index in [0.717, 1.165) is 49.9 Å². The molecule has 0 N–H and O–H groups in total. The predicted octanol–water partition coefficient (Wildman–Crippen LogP) is 10.8. The first kappa shape index (κ1) is 36.2. The van der Waals surface area contributed by atoms with Crippen LogP contribution in [0.5, 0.6) is 0 Å². The Morgan fingerprint density at radius 3 is 1.21 bits per heavy atom. The number of carbonyl (C=O) groups is 2. The number of alkyl halides is 6. The molecule has 0 spiro atoms. The Balaban J connectivity index is 2.06. The molecule has 2 aromatic carbocycles. The standard InChI is InChI=1S/C32H39F8NO2/c1-2-3-4-5-6-7-8-9-10-11-12-13-14-15-22-41(29(42)23-18-16-20-25(27(23)33)31(35,36)37)30(43)24-19-17-21-26(28(24)34)32(38,39)40/h16-21H,2-15,22H2,1H3. The van der Waals surface area contributed by atoms with E-state index in [1.807, 2.05) is 0 Å². The number of imide groups is 1. The van der Waals surface area contributed by atoms with Gasteiger partial charge in [-0.15, -0.1) is 0 Å². The molecule has 0 aliphatic heterocycles. The third kappa shape index (κ3) is 11.2. The lowest BCUT2D eigenvalue weighted by Crippen LogP contribution is -2.39. The van der Waals surface area contributed by atoms with E-state index in [4.69, 9.17) is 0 Å². The number of nitrogens with zero attached hydrogens (tertiary/aromatic N) is 1. The third-order valence-electron chi connectivity index (χ3n) is 7.29. The van der Waals surface area contributed by atoms with Crippen LogP contribution in [-0.2, 0) is 12.4 Å². The fourth-order valence-electron chi connectivity index (χ4n) is 4.88. The fraction of sp³-hybridized carbons (Fsp3) is 0.562. The zero-order valence-electron chi connectivity index (χ0n) is 24.4. The maximum Gasteiger partial charge on any atom is 0.419 e. The molecule has 11 heteroatoms. The van der Waals surface area contributed by atoms with Crippen LogP contribution in [0.4, 0.5) is 35.1 Å². The number of carbonyl (C=O) groups excluding carboxylic acids is 2.